The minimum atomic E-state index is -0.951. The lowest BCUT2D eigenvalue weighted by Crippen LogP contribution is -2.37. The second kappa shape index (κ2) is 4.96. The molecule has 0 unspecified atom stereocenters. The quantitative estimate of drug-likeness (QED) is 0.697. The summed E-state index contributed by atoms with van der Waals surface area (Å²) in [5.74, 6) is -0.599. The van der Waals surface area contributed by atoms with Gasteiger partial charge in [-0.25, -0.2) is 0 Å². The fourth-order valence-electron chi connectivity index (χ4n) is 1.37. The maximum Gasteiger partial charge on any atom is 0.323 e. The third-order valence-electron chi connectivity index (χ3n) is 2.56. The third kappa shape index (κ3) is 3.73. The molecule has 1 amide bonds. The topological polar surface area (TPSA) is 57.6 Å². The van der Waals surface area contributed by atoms with Crippen LogP contribution in [0.3, 0.4) is 0 Å². The Bertz CT molecular complexity index is 292. The highest BCUT2D eigenvalue weighted by Crippen LogP contribution is 2.29. The van der Waals surface area contributed by atoms with E-state index >= 15 is 0 Å². The molecule has 1 aliphatic rings. The maximum absolute atomic E-state index is 11.8. The molecule has 1 fully saturated rings. The van der Waals surface area contributed by atoms with Crippen molar-refractivity contribution in [2.75, 3.05) is 13.1 Å². The molecule has 0 aromatic rings. The molecular formula is C11H17NO3. The standard InChI is InChI=1S/C11H17NO3/c1-3-8(2)11(15)12(7-10(13)14)6-9-4-5-9/h3,9H,4-7H2,1-2H3,(H,13,14). The normalized spacial score (nSPS) is 16.3. The highest BCUT2D eigenvalue weighted by molar-refractivity contribution is 5.94. The van der Waals surface area contributed by atoms with Crippen LogP contribution < -0.4 is 0 Å². The summed E-state index contributed by atoms with van der Waals surface area (Å²) in [6.45, 7) is 3.88. The van der Waals surface area contributed by atoms with Gasteiger partial charge in [-0.2, -0.15) is 0 Å². The number of allylic oxidation sites excluding steroid dienone is 1. The van der Waals surface area contributed by atoms with Gasteiger partial charge in [-0.05, 0) is 32.6 Å². The van der Waals surface area contributed by atoms with Crippen molar-refractivity contribution in [3.63, 3.8) is 0 Å². The minimum Gasteiger partial charge on any atom is -0.480 e. The number of hydrogen-bond acceptors (Lipinski definition) is 2. The van der Waals surface area contributed by atoms with Crippen LogP contribution in [0.25, 0.3) is 0 Å². The van der Waals surface area contributed by atoms with E-state index < -0.39 is 5.97 Å². The van der Waals surface area contributed by atoms with E-state index in [0.29, 0.717) is 18.0 Å². The molecule has 0 aromatic heterocycles. The van der Waals surface area contributed by atoms with Crippen LogP contribution in [-0.2, 0) is 9.59 Å². The first-order chi connectivity index (χ1) is 7.04. The average molecular weight is 211 g/mol. The highest BCUT2D eigenvalue weighted by atomic mass is 16.4. The van der Waals surface area contributed by atoms with Gasteiger partial charge in [0.05, 0.1) is 0 Å². The van der Waals surface area contributed by atoms with E-state index in [1.165, 1.54) is 4.90 Å². The Morgan fingerprint density at radius 2 is 2.07 bits per heavy atom. The van der Waals surface area contributed by atoms with Gasteiger partial charge in [-0.1, -0.05) is 6.08 Å². The van der Waals surface area contributed by atoms with E-state index in [9.17, 15) is 9.59 Å². The summed E-state index contributed by atoms with van der Waals surface area (Å²) in [5.41, 5.74) is 0.608. The van der Waals surface area contributed by atoms with Crippen LogP contribution in [0.2, 0.25) is 0 Å². The van der Waals surface area contributed by atoms with Gasteiger partial charge in [0.15, 0.2) is 0 Å². The fourth-order valence-corrected chi connectivity index (χ4v) is 1.37. The summed E-state index contributed by atoms with van der Waals surface area (Å²) in [5, 5.41) is 8.71. The number of nitrogens with zero attached hydrogens (tertiary/aromatic N) is 1. The number of carboxylic acids is 1. The van der Waals surface area contributed by atoms with Gasteiger partial charge >= 0.3 is 5.97 Å². The van der Waals surface area contributed by atoms with Crippen molar-refractivity contribution in [3.05, 3.63) is 11.6 Å². The summed E-state index contributed by atoms with van der Waals surface area (Å²) in [6, 6.07) is 0. The molecule has 1 rings (SSSR count). The monoisotopic (exact) mass is 211 g/mol. The zero-order valence-corrected chi connectivity index (χ0v) is 9.19. The maximum atomic E-state index is 11.8. The molecule has 1 saturated carbocycles. The van der Waals surface area contributed by atoms with E-state index in [2.05, 4.69) is 0 Å². The summed E-state index contributed by atoms with van der Waals surface area (Å²) in [4.78, 5) is 23.8. The molecule has 0 aromatic carbocycles. The van der Waals surface area contributed by atoms with Gasteiger partial charge in [-0.3, -0.25) is 9.59 Å². The second-order valence-corrected chi connectivity index (χ2v) is 3.99. The first-order valence-electron chi connectivity index (χ1n) is 5.18. The summed E-state index contributed by atoms with van der Waals surface area (Å²) >= 11 is 0. The predicted molar refractivity (Wildman–Crippen MR) is 56.4 cm³/mol. The molecule has 0 spiro atoms. The van der Waals surface area contributed by atoms with Crippen LogP contribution in [-0.4, -0.2) is 35.0 Å². The van der Waals surface area contributed by atoms with Crippen molar-refractivity contribution >= 4 is 11.9 Å². The molecule has 0 saturated heterocycles. The number of carboxylic acid groups (broad SMARTS) is 1. The van der Waals surface area contributed by atoms with E-state index in [4.69, 9.17) is 5.11 Å². The summed E-state index contributed by atoms with van der Waals surface area (Å²) in [6.07, 6.45) is 3.93. The number of hydrogen-bond donors (Lipinski definition) is 1. The van der Waals surface area contributed by atoms with E-state index in [-0.39, 0.29) is 12.5 Å². The van der Waals surface area contributed by atoms with Crippen LogP contribution in [0.4, 0.5) is 0 Å². The Labute approximate surface area is 89.6 Å². The number of amides is 1. The zero-order chi connectivity index (χ0) is 11.4. The molecule has 0 heterocycles. The van der Waals surface area contributed by atoms with Crippen molar-refractivity contribution in [1.82, 2.24) is 4.90 Å². The van der Waals surface area contributed by atoms with Crippen molar-refractivity contribution in [3.8, 4) is 0 Å². The van der Waals surface area contributed by atoms with Crippen molar-refractivity contribution in [2.45, 2.75) is 26.7 Å². The largest absolute Gasteiger partial charge is 0.480 e. The zero-order valence-electron chi connectivity index (χ0n) is 9.19. The van der Waals surface area contributed by atoms with Crippen LogP contribution in [0.15, 0.2) is 11.6 Å². The molecule has 0 radical (unpaired) electrons. The Hall–Kier alpha value is -1.32. The molecular weight excluding hydrogens is 194 g/mol. The highest BCUT2D eigenvalue weighted by Gasteiger charge is 2.28. The number of rotatable bonds is 5. The van der Waals surface area contributed by atoms with Gasteiger partial charge in [0.25, 0.3) is 0 Å². The van der Waals surface area contributed by atoms with Crippen molar-refractivity contribution < 1.29 is 14.7 Å². The Morgan fingerprint density at radius 3 is 2.47 bits per heavy atom. The van der Waals surface area contributed by atoms with Crippen LogP contribution in [0, 0.1) is 5.92 Å². The SMILES string of the molecule is CC=C(C)C(=O)N(CC(=O)O)CC1CC1. The molecule has 84 valence electrons. The van der Waals surface area contributed by atoms with Gasteiger partial charge in [0.1, 0.15) is 6.54 Å². The number of aliphatic carboxylic acids is 1. The molecule has 4 heteroatoms. The predicted octanol–water partition coefficient (Wildman–Crippen LogP) is 1.28. The second-order valence-electron chi connectivity index (χ2n) is 3.99. The van der Waals surface area contributed by atoms with Gasteiger partial charge in [0.2, 0.25) is 5.91 Å². The third-order valence-corrected chi connectivity index (χ3v) is 2.56. The van der Waals surface area contributed by atoms with Crippen molar-refractivity contribution in [2.24, 2.45) is 5.92 Å². The minimum absolute atomic E-state index is 0.160. The smallest absolute Gasteiger partial charge is 0.323 e. The Kier molecular flexibility index (Phi) is 3.88. The van der Waals surface area contributed by atoms with Gasteiger partial charge in [-0.15, -0.1) is 0 Å². The lowest BCUT2D eigenvalue weighted by atomic mass is 10.2. The van der Waals surface area contributed by atoms with Crippen LogP contribution >= 0.6 is 0 Å². The van der Waals surface area contributed by atoms with Crippen molar-refractivity contribution in [1.29, 1.82) is 0 Å². The molecule has 0 aliphatic heterocycles. The van der Waals surface area contributed by atoms with Crippen LogP contribution in [0.5, 0.6) is 0 Å². The van der Waals surface area contributed by atoms with E-state index in [0.717, 1.165) is 12.8 Å². The van der Waals surface area contributed by atoms with Crippen LogP contribution in [0.1, 0.15) is 26.7 Å². The lowest BCUT2D eigenvalue weighted by Gasteiger charge is -2.20. The Balaban J connectivity index is 2.60. The van der Waals surface area contributed by atoms with Gasteiger partial charge in [0, 0.05) is 12.1 Å². The fraction of sp³-hybridized carbons (Fsp3) is 0.636. The lowest BCUT2D eigenvalue weighted by molar-refractivity contribution is -0.143. The summed E-state index contributed by atoms with van der Waals surface area (Å²) < 4.78 is 0. The Morgan fingerprint density at radius 1 is 1.47 bits per heavy atom. The molecule has 1 aliphatic carbocycles. The van der Waals surface area contributed by atoms with E-state index in [1.54, 1.807) is 19.9 Å². The summed E-state index contributed by atoms with van der Waals surface area (Å²) in [7, 11) is 0. The number of carbonyl (C=O) groups excluding carboxylic acids is 1. The first-order valence-corrected chi connectivity index (χ1v) is 5.18. The average Bonchev–Trinajstić information content (AvgIpc) is 2.97. The molecule has 15 heavy (non-hydrogen) atoms. The number of carbonyl (C=O) groups is 2. The van der Waals surface area contributed by atoms with E-state index in [1.807, 2.05) is 0 Å². The molecule has 0 atom stereocenters. The molecule has 0 bridgehead atoms. The molecule has 1 N–H and O–H groups in total. The first kappa shape index (κ1) is 11.8. The van der Waals surface area contributed by atoms with Gasteiger partial charge < -0.3 is 10.0 Å². The molecule has 4 nitrogen and oxygen atoms in total.